The number of aromatic nitrogens is 2. The van der Waals surface area contributed by atoms with Gasteiger partial charge in [0, 0.05) is 11.3 Å². The summed E-state index contributed by atoms with van der Waals surface area (Å²) in [7, 11) is 0. The zero-order valence-electron chi connectivity index (χ0n) is 17.2. The molecule has 1 aromatic heterocycles. The molecule has 0 saturated heterocycles. The average Bonchev–Trinajstić information content (AvgIpc) is 3.06. The van der Waals surface area contributed by atoms with Crippen LogP contribution in [0.5, 0.6) is 5.75 Å². The number of hydrogen-bond acceptors (Lipinski definition) is 3. The van der Waals surface area contributed by atoms with Crippen molar-refractivity contribution in [3.63, 3.8) is 0 Å². The maximum atomic E-state index is 8.98. The van der Waals surface area contributed by atoms with E-state index in [0.29, 0.717) is 18.1 Å². The van der Waals surface area contributed by atoms with Gasteiger partial charge >= 0.3 is 0 Å². The molecule has 3 aromatic rings. The van der Waals surface area contributed by atoms with Crippen molar-refractivity contribution >= 4 is 0 Å². The molecular formula is C25H27N3O. The topological polar surface area (TPSA) is 50.8 Å². The van der Waals surface area contributed by atoms with Gasteiger partial charge in [-0.15, -0.1) is 0 Å². The Labute approximate surface area is 172 Å². The number of aryl methyl sites for hydroxylation is 1. The highest BCUT2D eigenvalue weighted by molar-refractivity contribution is 5.41. The van der Waals surface area contributed by atoms with E-state index in [4.69, 9.17) is 10.00 Å². The van der Waals surface area contributed by atoms with Gasteiger partial charge in [-0.25, -0.2) is 4.68 Å². The maximum absolute atomic E-state index is 8.98. The molecule has 0 spiro atoms. The largest absolute Gasteiger partial charge is 0.489 e. The number of hydrogen-bond donors (Lipinski definition) is 0. The Balaban J connectivity index is 1.45. The minimum absolute atomic E-state index is 0.497. The van der Waals surface area contributed by atoms with Gasteiger partial charge in [0.1, 0.15) is 12.4 Å². The fourth-order valence-corrected chi connectivity index (χ4v) is 4.24. The van der Waals surface area contributed by atoms with Gasteiger partial charge in [0.15, 0.2) is 0 Å². The lowest BCUT2D eigenvalue weighted by molar-refractivity contribution is 0.304. The van der Waals surface area contributed by atoms with Gasteiger partial charge in [-0.3, -0.25) is 0 Å². The summed E-state index contributed by atoms with van der Waals surface area (Å²) in [5, 5.41) is 13.7. The molecule has 0 N–H and O–H groups in total. The molecule has 2 aromatic carbocycles. The molecule has 0 amide bonds. The second-order valence-corrected chi connectivity index (χ2v) is 7.91. The van der Waals surface area contributed by atoms with Crippen LogP contribution >= 0.6 is 0 Å². The summed E-state index contributed by atoms with van der Waals surface area (Å²) >= 11 is 0. The summed E-state index contributed by atoms with van der Waals surface area (Å²) in [6.45, 7) is 4.57. The minimum atomic E-state index is 0.497. The van der Waals surface area contributed by atoms with Gasteiger partial charge in [-0.2, -0.15) is 10.4 Å². The molecule has 1 aliphatic carbocycles. The molecule has 0 radical (unpaired) electrons. The standard InChI is InChI=1S/C25H27N3O/c1-18-25(19(2)28(27-18)23-12-8-20(16-26)9-13-23)17-29-24-14-10-22(11-15-24)21-6-4-3-5-7-21/h8-15,21H,3-7,17H2,1-2H3. The maximum Gasteiger partial charge on any atom is 0.119 e. The summed E-state index contributed by atoms with van der Waals surface area (Å²) in [6, 6.07) is 18.3. The van der Waals surface area contributed by atoms with Crippen molar-refractivity contribution in [3.05, 3.63) is 76.6 Å². The Kier molecular flexibility index (Phi) is 5.67. The van der Waals surface area contributed by atoms with E-state index < -0.39 is 0 Å². The smallest absolute Gasteiger partial charge is 0.119 e. The van der Waals surface area contributed by atoms with Crippen LogP contribution in [0.3, 0.4) is 0 Å². The molecule has 1 aliphatic rings. The van der Waals surface area contributed by atoms with Crippen LogP contribution in [-0.2, 0) is 6.61 Å². The monoisotopic (exact) mass is 385 g/mol. The van der Waals surface area contributed by atoms with E-state index in [1.807, 2.05) is 35.9 Å². The Morgan fingerprint density at radius 1 is 1.00 bits per heavy atom. The summed E-state index contributed by atoms with van der Waals surface area (Å²) in [5.74, 6) is 1.61. The van der Waals surface area contributed by atoms with E-state index >= 15 is 0 Å². The first-order chi connectivity index (χ1) is 14.2. The predicted octanol–water partition coefficient (Wildman–Crippen LogP) is 5.99. The van der Waals surface area contributed by atoms with Crippen LogP contribution in [0, 0.1) is 25.2 Å². The van der Waals surface area contributed by atoms with E-state index in [-0.39, 0.29) is 0 Å². The predicted molar refractivity (Wildman–Crippen MR) is 114 cm³/mol. The SMILES string of the molecule is Cc1nn(-c2ccc(C#N)cc2)c(C)c1COc1ccc(C2CCCCC2)cc1. The molecule has 0 aliphatic heterocycles. The first-order valence-electron chi connectivity index (χ1n) is 10.4. The molecule has 1 saturated carbocycles. The van der Waals surface area contributed by atoms with Crippen LogP contribution in [0.1, 0.15) is 66.1 Å². The highest BCUT2D eigenvalue weighted by Crippen LogP contribution is 2.33. The van der Waals surface area contributed by atoms with E-state index in [2.05, 4.69) is 42.4 Å². The van der Waals surface area contributed by atoms with E-state index in [9.17, 15) is 0 Å². The molecule has 0 atom stereocenters. The first kappa shape index (κ1) is 19.3. The van der Waals surface area contributed by atoms with Crippen LogP contribution in [-0.4, -0.2) is 9.78 Å². The number of nitrogens with zero attached hydrogens (tertiary/aromatic N) is 3. The molecule has 1 fully saturated rings. The lowest BCUT2D eigenvalue weighted by Gasteiger charge is -2.22. The van der Waals surface area contributed by atoms with Crippen molar-refractivity contribution < 1.29 is 4.74 Å². The number of ether oxygens (including phenoxy) is 1. The van der Waals surface area contributed by atoms with Crippen LogP contribution < -0.4 is 4.74 Å². The van der Waals surface area contributed by atoms with Gasteiger partial charge in [-0.1, -0.05) is 31.4 Å². The number of rotatable bonds is 5. The third kappa shape index (κ3) is 4.19. The molecule has 1 heterocycles. The first-order valence-corrected chi connectivity index (χ1v) is 10.4. The quantitative estimate of drug-likeness (QED) is 0.542. The number of benzene rings is 2. The molecular weight excluding hydrogens is 358 g/mol. The molecule has 29 heavy (non-hydrogen) atoms. The summed E-state index contributed by atoms with van der Waals surface area (Å²) in [5.41, 5.74) is 6.17. The normalized spacial score (nSPS) is 14.5. The van der Waals surface area contributed by atoms with Crippen molar-refractivity contribution in [1.82, 2.24) is 9.78 Å². The van der Waals surface area contributed by atoms with Crippen LogP contribution in [0.4, 0.5) is 0 Å². The van der Waals surface area contributed by atoms with E-state index in [1.54, 1.807) is 0 Å². The van der Waals surface area contributed by atoms with Gasteiger partial charge in [0.25, 0.3) is 0 Å². The minimum Gasteiger partial charge on any atom is -0.489 e. The van der Waals surface area contributed by atoms with Crippen molar-refractivity contribution in [2.24, 2.45) is 0 Å². The second kappa shape index (κ2) is 8.53. The summed E-state index contributed by atoms with van der Waals surface area (Å²) in [4.78, 5) is 0. The third-order valence-corrected chi connectivity index (χ3v) is 6.02. The Morgan fingerprint density at radius 3 is 2.34 bits per heavy atom. The molecule has 4 rings (SSSR count). The summed E-state index contributed by atoms with van der Waals surface area (Å²) < 4.78 is 8.00. The zero-order chi connectivity index (χ0) is 20.2. The molecule has 148 valence electrons. The van der Waals surface area contributed by atoms with E-state index in [1.165, 1.54) is 37.7 Å². The van der Waals surface area contributed by atoms with Gasteiger partial charge in [0.05, 0.1) is 23.0 Å². The van der Waals surface area contributed by atoms with Crippen LogP contribution in [0.15, 0.2) is 48.5 Å². The second-order valence-electron chi connectivity index (χ2n) is 7.91. The molecule has 0 unspecified atom stereocenters. The van der Waals surface area contributed by atoms with Crippen molar-refractivity contribution in [2.75, 3.05) is 0 Å². The molecule has 4 nitrogen and oxygen atoms in total. The molecule has 0 bridgehead atoms. The Bertz CT molecular complexity index is 1000. The lowest BCUT2D eigenvalue weighted by atomic mass is 9.84. The highest BCUT2D eigenvalue weighted by atomic mass is 16.5. The van der Waals surface area contributed by atoms with E-state index in [0.717, 1.165) is 28.4 Å². The third-order valence-electron chi connectivity index (χ3n) is 6.02. The van der Waals surface area contributed by atoms with Crippen LogP contribution in [0.25, 0.3) is 5.69 Å². The fraction of sp³-hybridized carbons (Fsp3) is 0.360. The van der Waals surface area contributed by atoms with Crippen molar-refractivity contribution in [3.8, 4) is 17.5 Å². The Hall–Kier alpha value is -3.06. The van der Waals surface area contributed by atoms with Gasteiger partial charge in [-0.05, 0) is 74.6 Å². The lowest BCUT2D eigenvalue weighted by Crippen LogP contribution is -2.04. The average molecular weight is 386 g/mol. The fourth-order valence-electron chi connectivity index (χ4n) is 4.24. The van der Waals surface area contributed by atoms with Crippen molar-refractivity contribution in [1.29, 1.82) is 5.26 Å². The molecule has 4 heteroatoms. The Morgan fingerprint density at radius 2 is 1.69 bits per heavy atom. The van der Waals surface area contributed by atoms with Gasteiger partial charge in [0.2, 0.25) is 0 Å². The highest BCUT2D eigenvalue weighted by Gasteiger charge is 2.16. The van der Waals surface area contributed by atoms with Gasteiger partial charge < -0.3 is 4.74 Å². The van der Waals surface area contributed by atoms with Crippen molar-refractivity contribution in [2.45, 2.75) is 58.5 Å². The van der Waals surface area contributed by atoms with Crippen LogP contribution in [0.2, 0.25) is 0 Å². The summed E-state index contributed by atoms with van der Waals surface area (Å²) in [6.07, 6.45) is 6.71. The number of nitriles is 1. The zero-order valence-corrected chi connectivity index (χ0v) is 17.2.